The van der Waals surface area contributed by atoms with E-state index in [4.69, 9.17) is 34.8 Å². The average Bonchev–Trinajstić information content (AvgIpc) is 2.34. The Morgan fingerprint density at radius 3 is 2.44 bits per heavy atom. The van der Waals surface area contributed by atoms with Gasteiger partial charge in [-0.3, -0.25) is 0 Å². The van der Waals surface area contributed by atoms with Gasteiger partial charge in [0.05, 0.1) is 5.38 Å². The van der Waals surface area contributed by atoms with Crippen molar-refractivity contribution in [2.45, 2.75) is 5.38 Å². The lowest BCUT2D eigenvalue weighted by Gasteiger charge is -2.13. The number of hydrogen-bond acceptors (Lipinski definition) is 0. The highest BCUT2D eigenvalue weighted by Gasteiger charge is 2.18. The van der Waals surface area contributed by atoms with E-state index in [1.807, 2.05) is 0 Å². The number of halogens is 5. The first-order valence-electron chi connectivity index (χ1n) is 5.03. The van der Waals surface area contributed by atoms with Crippen LogP contribution in [0.1, 0.15) is 16.5 Å². The summed E-state index contributed by atoms with van der Waals surface area (Å²) in [6, 6.07) is 9.54. The van der Waals surface area contributed by atoms with Gasteiger partial charge in [0.1, 0.15) is 5.82 Å². The molecule has 0 aliphatic rings. The van der Waals surface area contributed by atoms with Gasteiger partial charge in [0.15, 0.2) is 0 Å². The lowest BCUT2D eigenvalue weighted by atomic mass is 10.0. The Kier molecular flexibility index (Phi) is 4.54. The maximum atomic E-state index is 13.8. The Labute approximate surface area is 128 Å². The van der Waals surface area contributed by atoms with Crippen molar-refractivity contribution in [3.05, 3.63) is 67.9 Å². The minimum Gasteiger partial charge on any atom is -0.207 e. The first-order valence-corrected chi connectivity index (χ1v) is 7.01. The van der Waals surface area contributed by atoms with Crippen molar-refractivity contribution in [2.24, 2.45) is 0 Å². The van der Waals surface area contributed by atoms with Gasteiger partial charge in [-0.25, -0.2) is 4.39 Å². The third-order valence-corrected chi connectivity index (χ3v) is 4.00. The minimum absolute atomic E-state index is 0.357. The Hall–Kier alpha value is -0.280. The lowest BCUT2D eigenvalue weighted by molar-refractivity contribution is 0.612. The predicted octanol–water partition coefficient (Wildman–Crippen LogP) is 6.22. The maximum Gasteiger partial charge on any atom is 0.128 e. The number of alkyl halides is 1. The second-order valence-electron chi connectivity index (χ2n) is 3.69. The van der Waals surface area contributed by atoms with Gasteiger partial charge in [-0.05, 0) is 42.0 Å². The van der Waals surface area contributed by atoms with Gasteiger partial charge >= 0.3 is 0 Å². The summed E-state index contributed by atoms with van der Waals surface area (Å²) in [6.45, 7) is 0. The van der Waals surface area contributed by atoms with Crippen LogP contribution in [-0.4, -0.2) is 0 Å². The smallest absolute Gasteiger partial charge is 0.128 e. The highest BCUT2D eigenvalue weighted by molar-refractivity contribution is 9.10. The molecule has 0 radical (unpaired) electrons. The molecule has 2 rings (SSSR count). The molecule has 2 aromatic rings. The van der Waals surface area contributed by atoms with Crippen LogP contribution in [0, 0.1) is 5.82 Å². The summed E-state index contributed by atoms with van der Waals surface area (Å²) < 4.78 is 14.5. The Morgan fingerprint density at radius 2 is 1.72 bits per heavy atom. The van der Waals surface area contributed by atoms with E-state index in [9.17, 15) is 4.39 Å². The normalized spacial score (nSPS) is 12.5. The summed E-state index contributed by atoms with van der Waals surface area (Å²) in [5.74, 6) is -0.380. The molecule has 0 aliphatic heterocycles. The van der Waals surface area contributed by atoms with Crippen LogP contribution in [0.25, 0.3) is 0 Å². The number of rotatable bonds is 2. The van der Waals surface area contributed by atoms with Gasteiger partial charge in [0.2, 0.25) is 0 Å². The maximum absolute atomic E-state index is 13.8. The van der Waals surface area contributed by atoms with Crippen molar-refractivity contribution < 1.29 is 4.39 Å². The zero-order valence-corrected chi connectivity index (χ0v) is 12.8. The summed E-state index contributed by atoms with van der Waals surface area (Å²) in [5.41, 5.74) is 0.943. The van der Waals surface area contributed by atoms with Crippen molar-refractivity contribution in [2.75, 3.05) is 0 Å². The molecule has 0 heterocycles. The molecule has 0 spiro atoms. The Balaban J connectivity index is 2.50. The number of benzene rings is 2. The third-order valence-electron chi connectivity index (χ3n) is 2.46. The summed E-state index contributed by atoms with van der Waals surface area (Å²) in [7, 11) is 0. The quantitative estimate of drug-likeness (QED) is 0.552. The SMILES string of the molecule is Fc1ccc(Br)cc1C(Cl)c1cc(Cl)ccc1Cl. The molecule has 1 atom stereocenters. The molecule has 0 aromatic heterocycles. The Morgan fingerprint density at radius 1 is 1.00 bits per heavy atom. The van der Waals surface area contributed by atoms with Crippen LogP contribution in [0.2, 0.25) is 10.0 Å². The van der Waals surface area contributed by atoms with Gasteiger partial charge in [-0.1, -0.05) is 39.1 Å². The van der Waals surface area contributed by atoms with E-state index in [2.05, 4.69) is 15.9 Å². The molecule has 5 heteroatoms. The zero-order valence-electron chi connectivity index (χ0n) is 8.93. The molecular weight excluding hydrogens is 361 g/mol. The van der Waals surface area contributed by atoms with Crippen LogP contribution in [0.15, 0.2) is 40.9 Å². The molecule has 0 saturated heterocycles. The first kappa shape index (κ1) is 14.1. The molecule has 0 fully saturated rings. The molecule has 0 aliphatic carbocycles. The highest BCUT2D eigenvalue weighted by Crippen LogP contribution is 2.37. The van der Waals surface area contributed by atoms with Gasteiger partial charge in [-0.2, -0.15) is 0 Å². The molecule has 0 saturated carbocycles. The average molecular weight is 368 g/mol. The van der Waals surface area contributed by atoms with E-state index in [1.54, 1.807) is 30.3 Å². The molecule has 0 N–H and O–H groups in total. The second-order valence-corrected chi connectivity index (χ2v) is 5.89. The summed E-state index contributed by atoms with van der Waals surface area (Å²) >= 11 is 21.5. The first-order chi connectivity index (χ1) is 8.49. The van der Waals surface area contributed by atoms with Crippen molar-refractivity contribution in [3.8, 4) is 0 Å². The largest absolute Gasteiger partial charge is 0.207 e. The van der Waals surface area contributed by atoms with Crippen LogP contribution in [0.5, 0.6) is 0 Å². The molecule has 2 aromatic carbocycles. The molecule has 0 bridgehead atoms. The van der Waals surface area contributed by atoms with E-state index in [1.165, 1.54) is 6.07 Å². The van der Waals surface area contributed by atoms with Crippen LogP contribution < -0.4 is 0 Å². The van der Waals surface area contributed by atoms with Crippen molar-refractivity contribution in [1.29, 1.82) is 0 Å². The van der Waals surface area contributed by atoms with Gasteiger partial charge in [-0.15, -0.1) is 11.6 Å². The van der Waals surface area contributed by atoms with Crippen LogP contribution >= 0.6 is 50.7 Å². The summed E-state index contributed by atoms with van der Waals surface area (Å²) in [4.78, 5) is 0. The molecule has 1 unspecified atom stereocenters. The molecule has 94 valence electrons. The number of hydrogen-bond donors (Lipinski definition) is 0. The van der Waals surface area contributed by atoms with Crippen molar-refractivity contribution in [1.82, 2.24) is 0 Å². The zero-order chi connectivity index (χ0) is 13.3. The van der Waals surface area contributed by atoms with Gasteiger partial charge in [0.25, 0.3) is 0 Å². The molecule has 18 heavy (non-hydrogen) atoms. The topological polar surface area (TPSA) is 0 Å². The van der Waals surface area contributed by atoms with Crippen LogP contribution in [-0.2, 0) is 0 Å². The lowest BCUT2D eigenvalue weighted by Crippen LogP contribution is -1.98. The van der Waals surface area contributed by atoms with E-state index in [0.29, 0.717) is 21.2 Å². The molecule has 0 nitrogen and oxygen atoms in total. The summed E-state index contributed by atoms with van der Waals surface area (Å²) in [6.07, 6.45) is 0. The minimum atomic E-state index is -0.686. The van der Waals surface area contributed by atoms with Gasteiger partial charge < -0.3 is 0 Å². The molecular formula is C13H7BrCl3F. The third kappa shape index (κ3) is 3.00. The van der Waals surface area contributed by atoms with E-state index >= 15 is 0 Å². The highest BCUT2D eigenvalue weighted by atomic mass is 79.9. The van der Waals surface area contributed by atoms with E-state index < -0.39 is 5.38 Å². The second kappa shape index (κ2) is 5.79. The monoisotopic (exact) mass is 366 g/mol. The molecule has 0 amide bonds. The van der Waals surface area contributed by atoms with Gasteiger partial charge in [0, 0.05) is 20.1 Å². The van der Waals surface area contributed by atoms with Crippen LogP contribution in [0.3, 0.4) is 0 Å². The Bertz CT molecular complexity index is 535. The standard InChI is InChI=1S/C13H7BrCl3F/c14-7-1-4-12(18)10(5-7)13(17)9-6-8(15)2-3-11(9)16/h1-6,13H. The predicted molar refractivity (Wildman–Crippen MR) is 78.3 cm³/mol. The summed E-state index contributed by atoms with van der Waals surface area (Å²) in [5, 5.41) is 0.280. The van der Waals surface area contributed by atoms with E-state index in [0.717, 1.165) is 4.47 Å². The van der Waals surface area contributed by atoms with Crippen LogP contribution in [0.4, 0.5) is 4.39 Å². The van der Waals surface area contributed by atoms with Crippen molar-refractivity contribution in [3.63, 3.8) is 0 Å². The van der Waals surface area contributed by atoms with Crippen molar-refractivity contribution >= 4 is 50.7 Å². The fourth-order valence-electron chi connectivity index (χ4n) is 1.59. The van der Waals surface area contributed by atoms with E-state index in [-0.39, 0.29) is 5.82 Å². The fraction of sp³-hybridized carbons (Fsp3) is 0.0769. The fourth-order valence-corrected chi connectivity index (χ4v) is 2.77.